The van der Waals surface area contributed by atoms with Crippen LogP contribution in [0.5, 0.6) is 0 Å². The summed E-state index contributed by atoms with van der Waals surface area (Å²) in [5.41, 5.74) is -1.22. The number of hydrogen-bond acceptors (Lipinski definition) is 6. The molecule has 8 nitrogen and oxygen atoms in total. The second kappa shape index (κ2) is 9.87. The Labute approximate surface area is 202 Å². The normalized spacial score (nSPS) is 10.3. The van der Waals surface area contributed by atoms with Gasteiger partial charge >= 0.3 is 59.1 Å². The van der Waals surface area contributed by atoms with Crippen molar-refractivity contribution in [1.29, 1.82) is 0 Å². The number of aromatic amines is 2. The molecular formula is C18H14N2Na2O6. The number of rotatable bonds is 5. The first-order valence-electron chi connectivity index (χ1n) is 8.02. The van der Waals surface area contributed by atoms with Crippen LogP contribution in [-0.4, -0.2) is 21.9 Å². The predicted molar refractivity (Wildman–Crippen MR) is 90.0 cm³/mol. The number of aromatic nitrogens is 2. The fraction of sp³-hybridized carbons (Fsp3) is 0.222. The van der Waals surface area contributed by atoms with Gasteiger partial charge in [0, 0.05) is 17.5 Å². The number of carboxylic acids is 2. The number of carbonyl (C=O) groups is 2. The van der Waals surface area contributed by atoms with E-state index in [1.807, 2.05) is 6.92 Å². The van der Waals surface area contributed by atoms with Crippen LogP contribution in [0.3, 0.4) is 0 Å². The van der Waals surface area contributed by atoms with E-state index >= 15 is 0 Å². The number of hydrogen-bond donors (Lipinski definition) is 2. The topological polar surface area (TPSA) is 146 Å². The molecule has 0 amide bonds. The van der Waals surface area contributed by atoms with E-state index in [4.69, 9.17) is 0 Å². The molecule has 0 aliphatic carbocycles. The smallest absolute Gasteiger partial charge is 0.543 e. The molecule has 0 fully saturated rings. The molecule has 1 aromatic carbocycles. The number of aromatic carboxylic acids is 2. The van der Waals surface area contributed by atoms with Crippen molar-refractivity contribution in [2.75, 3.05) is 0 Å². The second-order valence-electron chi connectivity index (χ2n) is 5.98. The number of carbonyl (C=O) groups excluding carboxylic acids is 2. The van der Waals surface area contributed by atoms with E-state index in [0.717, 1.165) is 25.0 Å². The van der Waals surface area contributed by atoms with Crippen molar-refractivity contribution >= 4 is 33.7 Å². The van der Waals surface area contributed by atoms with Gasteiger partial charge in [-0.3, -0.25) is 9.59 Å². The van der Waals surface area contributed by atoms with Crippen molar-refractivity contribution in [1.82, 2.24) is 9.97 Å². The van der Waals surface area contributed by atoms with Crippen LogP contribution in [0.15, 0.2) is 27.8 Å². The minimum absolute atomic E-state index is 0. The average Bonchev–Trinajstić information content (AvgIpc) is 2.59. The molecule has 0 saturated heterocycles. The van der Waals surface area contributed by atoms with E-state index in [0.29, 0.717) is 12.0 Å². The number of nitrogens with one attached hydrogen (secondary N) is 2. The van der Waals surface area contributed by atoms with Gasteiger partial charge in [-0.2, -0.15) is 0 Å². The molecule has 0 saturated carbocycles. The van der Waals surface area contributed by atoms with E-state index in [9.17, 15) is 29.4 Å². The molecule has 134 valence electrons. The summed E-state index contributed by atoms with van der Waals surface area (Å²) in [7, 11) is 0. The summed E-state index contributed by atoms with van der Waals surface area (Å²) in [6.07, 6.45) is 2.12. The van der Waals surface area contributed by atoms with Crippen molar-refractivity contribution in [2.45, 2.75) is 26.2 Å². The Hall–Kier alpha value is -1.42. The zero-order valence-corrected chi connectivity index (χ0v) is 19.8. The van der Waals surface area contributed by atoms with Crippen LogP contribution in [0.2, 0.25) is 0 Å². The number of fused-ring (bicyclic) bond motifs is 3. The van der Waals surface area contributed by atoms with Crippen LogP contribution in [-0.2, 0) is 6.42 Å². The number of carboxylic acid groups (broad SMARTS) is 2. The Kier molecular flexibility index (Phi) is 8.67. The molecule has 0 aliphatic rings. The van der Waals surface area contributed by atoms with Gasteiger partial charge in [-0.1, -0.05) is 13.3 Å². The third-order valence-electron chi connectivity index (χ3n) is 4.23. The summed E-state index contributed by atoms with van der Waals surface area (Å²) in [6.45, 7) is 1.97. The van der Waals surface area contributed by atoms with Gasteiger partial charge in [-0.05, 0) is 24.5 Å². The fourth-order valence-corrected chi connectivity index (χ4v) is 2.99. The van der Waals surface area contributed by atoms with Crippen LogP contribution >= 0.6 is 0 Å². The van der Waals surface area contributed by atoms with Crippen molar-refractivity contribution in [3.63, 3.8) is 0 Å². The van der Waals surface area contributed by atoms with Gasteiger partial charge < -0.3 is 29.8 Å². The largest absolute Gasteiger partial charge is 1.00 e. The molecule has 0 aliphatic heterocycles. The van der Waals surface area contributed by atoms with Gasteiger partial charge in [0.05, 0.1) is 39.7 Å². The van der Waals surface area contributed by atoms with E-state index in [-0.39, 0.29) is 80.9 Å². The Morgan fingerprint density at radius 3 is 1.96 bits per heavy atom. The molecular weight excluding hydrogens is 386 g/mol. The fourth-order valence-electron chi connectivity index (χ4n) is 2.99. The zero-order valence-electron chi connectivity index (χ0n) is 15.8. The standard InChI is InChI=1S/C18H16N2O6.2Na/c1-2-3-4-8-5-9-12(21)6-10(17(23)24)20-16(9)14-13(22)7-11(18(25)26)19-15(8)14;;/h5-7H,2-4H2,1H3,(H,19,22)(H,20,21)(H,23,24)(H,25,26);;/q;2*+1/p-2. The molecule has 3 aromatic rings. The molecule has 0 unspecified atom stereocenters. The molecule has 10 heteroatoms. The SMILES string of the molecule is CCCCc1cc2c(=O)cc(C(=O)[O-])[nH]c2c2c(=O)cc(C(=O)[O-])[nH]c12.[Na+].[Na+]. The Bertz CT molecular complexity index is 1180. The molecule has 2 aromatic heterocycles. The predicted octanol–water partition coefficient (Wildman–Crippen LogP) is -6.55. The van der Waals surface area contributed by atoms with E-state index in [2.05, 4.69) is 9.97 Å². The van der Waals surface area contributed by atoms with Crippen molar-refractivity contribution in [3.05, 3.63) is 55.6 Å². The van der Waals surface area contributed by atoms with Crippen LogP contribution in [0.25, 0.3) is 21.8 Å². The molecule has 3 rings (SSSR count). The molecule has 0 spiro atoms. The van der Waals surface area contributed by atoms with Gasteiger partial charge in [0.25, 0.3) is 0 Å². The van der Waals surface area contributed by atoms with Crippen LogP contribution in [0, 0.1) is 0 Å². The molecule has 0 atom stereocenters. The molecule has 2 heterocycles. The number of H-pyrrole nitrogens is 2. The number of pyridine rings is 2. The van der Waals surface area contributed by atoms with E-state index in [1.54, 1.807) is 6.07 Å². The van der Waals surface area contributed by atoms with E-state index < -0.39 is 34.2 Å². The van der Waals surface area contributed by atoms with Crippen LogP contribution in [0.4, 0.5) is 0 Å². The van der Waals surface area contributed by atoms with Gasteiger partial charge in [0.1, 0.15) is 0 Å². The second-order valence-corrected chi connectivity index (χ2v) is 5.98. The maximum absolute atomic E-state index is 12.5. The number of unbranched alkanes of at least 4 members (excludes halogenated alkanes) is 1. The summed E-state index contributed by atoms with van der Waals surface area (Å²) in [6, 6.07) is 3.29. The first-order chi connectivity index (χ1) is 12.3. The Balaban J connectivity index is 0.00000196. The summed E-state index contributed by atoms with van der Waals surface area (Å²) in [5, 5.41) is 22.5. The number of benzene rings is 1. The maximum Gasteiger partial charge on any atom is 1.00 e. The molecule has 0 radical (unpaired) electrons. The van der Waals surface area contributed by atoms with Crippen molar-refractivity contribution < 1.29 is 78.9 Å². The summed E-state index contributed by atoms with van der Waals surface area (Å²) < 4.78 is 0. The molecule has 0 bridgehead atoms. The molecule has 28 heavy (non-hydrogen) atoms. The zero-order chi connectivity index (χ0) is 19.0. The van der Waals surface area contributed by atoms with Crippen molar-refractivity contribution in [3.8, 4) is 0 Å². The minimum Gasteiger partial charge on any atom is -0.543 e. The van der Waals surface area contributed by atoms with Crippen molar-refractivity contribution in [2.24, 2.45) is 0 Å². The molecule has 2 N–H and O–H groups in total. The van der Waals surface area contributed by atoms with Gasteiger partial charge in [-0.25, -0.2) is 0 Å². The summed E-state index contributed by atoms with van der Waals surface area (Å²) in [5.74, 6) is -3.13. The van der Waals surface area contributed by atoms with Crippen LogP contribution < -0.4 is 80.2 Å². The third-order valence-corrected chi connectivity index (χ3v) is 4.23. The first kappa shape index (κ1) is 24.6. The third kappa shape index (κ3) is 4.59. The number of aryl methyl sites for hydroxylation is 1. The van der Waals surface area contributed by atoms with Gasteiger partial charge in [-0.15, -0.1) is 0 Å². The van der Waals surface area contributed by atoms with Gasteiger partial charge in [0.2, 0.25) is 0 Å². The minimum atomic E-state index is -1.59. The Morgan fingerprint density at radius 2 is 1.43 bits per heavy atom. The first-order valence-corrected chi connectivity index (χ1v) is 8.02. The maximum atomic E-state index is 12.5. The Morgan fingerprint density at radius 1 is 0.893 bits per heavy atom. The summed E-state index contributed by atoms with van der Waals surface area (Å²) in [4.78, 5) is 52.3. The van der Waals surface area contributed by atoms with Crippen LogP contribution in [0.1, 0.15) is 46.3 Å². The van der Waals surface area contributed by atoms with Gasteiger partial charge in [0.15, 0.2) is 10.9 Å². The average molecular weight is 400 g/mol. The monoisotopic (exact) mass is 400 g/mol. The quantitative estimate of drug-likeness (QED) is 0.322. The van der Waals surface area contributed by atoms with E-state index in [1.165, 1.54) is 0 Å². The summed E-state index contributed by atoms with van der Waals surface area (Å²) >= 11 is 0.